The molecular formula is C23H27NO2. The Morgan fingerprint density at radius 1 is 1.27 bits per heavy atom. The van der Waals surface area contributed by atoms with Gasteiger partial charge in [-0.3, -0.25) is 0 Å². The molecule has 136 valence electrons. The fraction of sp³-hybridized carbons (Fsp3) is 0.391. The van der Waals surface area contributed by atoms with Crippen LogP contribution in [-0.2, 0) is 0 Å². The minimum Gasteiger partial charge on any atom is -0.496 e. The molecule has 2 aliphatic heterocycles. The minimum atomic E-state index is -0.0116. The highest BCUT2D eigenvalue weighted by Gasteiger charge is 2.37. The molecule has 2 atom stereocenters. The van der Waals surface area contributed by atoms with E-state index in [1.54, 1.807) is 7.11 Å². The first-order valence-corrected chi connectivity index (χ1v) is 9.35. The third-order valence-electron chi connectivity index (χ3n) is 5.52. The van der Waals surface area contributed by atoms with E-state index in [0.29, 0.717) is 5.92 Å². The Kier molecular flexibility index (Phi) is 3.98. The van der Waals surface area contributed by atoms with Gasteiger partial charge < -0.3 is 14.8 Å². The lowest BCUT2D eigenvalue weighted by Gasteiger charge is -2.41. The molecule has 0 aromatic heterocycles. The van der Waals surface area contributed by atoms with Gasteiger partial charge in [-0.15, -0.1) is 6.58 Å². The maximum absolute atomic E-state index is 6.43. The van der Waals surface area contributed by atoms with Gasteiger partial charge in [-0.2, -0.15) is 0 Å². The van der Waals surface area contributed by atoms with Crippen LogP contribution in [0.1, 0.15) is 56.8 Å². The number of nitrogens with one attached hydrogen (secondary N) is 1. The standard InChI is InChI=1S/C23H27NO2/c1-6-8-18-22-15(21-17(25-5)9-7-10-19(21)26-18)11-12-16-20(22)14(2)13-23(3,4)24-16/h6-7,9-12,14,18,24H,1,8,13H2,2-5H3/i5-1. The number of methoxy groups -OCH3 is 1. The summed E-state index contributed by atoms with van der Waals surface area (Å²) in [4.78, 5) is 0. The SMILES string of the molecule is C=CCC1Oc2cccc(O[11CH3])c2-c2ccc3c(c21)C(C)CC(C)(C)N3. The lowest BCUT2D eigenvalue weighted by atomic mass is 9.76. The van der Waals surface area contributed by atoms with E-state index < -0.39 is 0 Å². The van der Waals surface area contributed by atoms with Crippen LogP contribution in [0.3, 0.4) is 0 Å². The van der Waals surface area contributed by atoms with Crippen molar-refractivity contribution < 1.29 is 9.47 Å². The number of anilines is 1. The molecular weight excluding hydrogens is 321 g/mol. The molecule has 0 aliphatic carbocycles. The van der Waals surface area contributed by atoms with E-state index in [-0.39, 0.29) is 11.6 Å². The number of hydrogen-bond acceptors (Lipinski definition) is 3. The Bertz CT molecular complexity index is 869. The molecule has 2 aliphatic rings. The first-order valence-electron chi connectivity index (χ1n) is 9.35. The van der Waals surface area contributed by atoms with E-state index in [4.69, 9.17) is 9.47 Å². The monoisotopic (exact) mass is 348 g/mol. The van der Waals surface area contributed by atoms with E-state index in [1.807, 2.05) is 24.3 Å². The lowest BCUT2D eigenvalue weighted by Crippen LogP contribution is -2.37. The highest BCUT2D eigenvalue weighted by atomic mass is 16.5. The fourth-order valence-corrected chi connectivity index (χ4v) is 4.70. The predicted molar refractivity (Wildman–Crippen MR) is 107 cm³/mol. The maximum Gasteiger partial charge on any atom is 0.131 e. The topological polar surface area (TPSA) is 30.5 Å². The molecule has 0 bridgehead atoms. The highest BCUT2D eigenvalue weighted by molar-refractivity contribution is 5.84. The van der Waals surface area contributed by atoms with Crippen molar-refractivity contribution in [1.29, 1.82) is 0 Å². The summed E-state index contributed by atoms with van der Waals surface area (Å²) in [6, 6.07) is 10.5. The van der Waals surface area contributed by atoms with Gasteiger partial charge >= 0.3 is 0 Å². The second-order valence-corrected chi connectivity index (χ2v) is 8.07. The van der Waals surface area contributed by atoms with Crippen LogP contribution in [0.2, 0.25) is 0 Å². The lowest BCUT2D eigenvalue weighted by molar-refractivity contribution is 0.202. The van der Waals surface area contributed by atoms with E-state index in [2.05, 4.69) is 44.8 Å². The van der Waals surface area contributed by atoms with Gasteiger partial charge in [0.2, 0.25) is 0 Å². The Labute approximate surface area is 156 Å². The summed E-state index contributed by atoms with van der Waals surface area (Å²) < 4.78 is 12.1. The van der Waals surface area contributed by atoms with E-state index in [9.17, 15) is 0 Å². The molecule has 2 heterocycles. The van der Waals surface area contributed by atoms with Gasteiger partial charge in [-0.1, -0.05) is 25.1 Å². The molecule has 1 N–H and O–H groups in total. The van der Waals surface area contributed by atoms with Gasteiger partial charge in [0, 0.05) is 23.2 Å². The van der Waals surface area contributed by atoms with Crippen molar-refractivity contribution in [2.24, 2.45) is 0 Å². The highest BCUT2D eigenvalue weighted by Crippen LogP contribution is 2.53. The van der Waals surface area contributed by atoms with Crippen LogP contribution in [-0.4, -0.2) is 12.6 Å². The van der Waals surface area contributed by atoms with E-state index in [0.717, 1.165) is 29.9 Å². The number of ether oxygens (including phenoxy) is 2. The summed E-state index contributed by atoms with van der Waals surface area (Å²) in [6.07, 6.45) is 3.82. The van der Waals surface area contributed by atoms with Crippen LogP contribution < -0.4 is 14.8 Å². The van der Waals surface area contributed by atoms with Crippen molar-refractivity contribution in [1.82, 2.24) is 0 Å². The van der Waals surface area contributed by atoms with Crippen LogP contribution in [0.15, 0.2) is 43.0 Å². The summed E-state index contributed by atoms with van der Waals surface area (Å²) in [6.45, 7) is 10.8. The maximum atomic E-state index is 6.43. The molecule has 0 spiro atoms. The zero-order valence-corrected chi connectivity index (χ0v) is 16.1. The minimum absolute atomic E-state index is 0.0116. The molecule has 0 saturated heterocycles. The molecule has 0 saturated carbocycles. The van der Waals surface area contributed by atoms with Crippen molar-refractivity contribution in [3.63, 3.8) is 0 Å². The number of benzene rings is 2. The molecule has 2 unspecified atom stereocenters. The Hall–Kier alpha value is -2.42. The fourth-order valence-electron chi connectivity index (χ4n) is 4.70. The van der Waals surface area contributed by atoms with E-state index >= 15 is 0 Å². The first-order chi connectivity index (χ1) is 12.4. The third-order valence-corrected chi connectivity index (χ3v) is 5.52. The summed E-state index contributed by atoms with van der Waals surface area (Å²) >= 11 is 0. The van der Waals surface area contributed by atoms with Gasteiger partial charge in [-0.25, -0.2) is 0 Å². The van der Waals surface area contributed by atoms with Crippen molar-refractivity contribution in [3.8, 4) is 22.6 Å². The quantitative estimate of drug-likeness (QED) is 0.683. The summed E-state index contributed by atoms with van der Waals surface area (Å²) in [5.74, 6) is 2.21. The molecule has 0 radical (unpaired) electrons. The Morgan fingerprint density at radius 3 is 2.81 bits per heavy atom. The van der Waals surface area contributed by atoms with Crippen LogP contribution in [0.5, 0.6) is 11.5 Å². The number of fused-ring (bicyclic) bond motifs is 5. The van der Waals surface area contributed by atoms with Crippen molar-refractivity contribution >= 4 is 5.69 Å². The molecule has 3 heteroatoms. The zero-order chi connectivity index (χ0) is 18.5. The van der Waals surface area contributed by atoms with Crippen LogP contribution in [0.25, 0.3) is 11.1 Å². The predicted octanol–water partition coefficient (Wildman–Crippen LogP) is 6.07. The van der Waals surface area contributed by atoms with Gasteiger partial charge in [0.1, 0.15) is 17.6 Å². The molecule has 3 nitrogen and oxygen atoms in total. The molecule has 4 rings (SSSR count). The normalized spacial score (nSPS) is 22.2. The average molecular weight is 348 g/mol. The summed E-state index contributed by atoms with van der Waals surface area (Å²) in [5, 5.41) is 3.72. The average Bonchev–Trinajstić information content (AvgIpc) is 2.59. The number of rotatable bonds is 3. The first kappa shape index (κ1) is 17.0. The van der Waals surface area contributed by atoms with Gasteiger partial charge in [0.05, 0.1) is 12.7 Å². The molecule has 0 amide bonds. The summed E-state index contributed by atoms with van der Waals surface area (Å²) in [5.41, 5.74) is 6.27. The van der Waals surface area contributed by atoms with Crippen LogP contribution >= 0.6 is 0 Å². The largest absolute Gasteiger partial charge is 0.496 e. The van der Waals surface area contributed by atoms with E-state index in [1.165, 1.54) is 22.4 Å². The zero-order valence-electron chi connectivity index (χ0n) is 16.1. The van der Waals surface area contributed by atoms with Crippen molar-refractivity contribution in [3.05, 3.63) is 54.1 Å². The number of hydrogen-bond donors (Lipinski definition) is 1. The van der Waals surface area contributed by atoms with Crippen molar-refractivity contribution in [2.75, 3.05) is 12.4 Å². The molecule has 2 aromatic rings. The Morgan fingerprint density at radius 2 is 2.08 bits per heavy atom. The van der Waals surface area contributed by atoms with Crippen molar-refractivity contribution in [2.45, 2.75) is 51.2 Å². The molecule has 0 fully saturated rings. The van der Waals surface area contributed by atoms with Gasteiger partial charge in [0.15, 0.2) is 0 Å². The summed E-state index contributed by atoms with van der Waals surface area (Å²) in [7, 11) is 1.72. The molecule has 2 aromatic carbocycles. The third kappa shape index (κ3) is 2.57. The van der Waals surface area contributed by atoms with Crippen LogP contribution in [0.4, 0.5) is 5.69 Å². The van der Waals surface area contributed by atoms with Gasteiger partial charge in [0.25, 0.3) is 0 Å². The van der Waals surface area contributed by atoms with Crippen LogP contribution in [0, 0.1) is 0 Å². The molecule has 26 heavy (non-hydrogen) atoms. The second kappa shape index (κ2) is 6.08. The Balaban J connectivity index is 1.99. The second-order valence-electron chi connectivity index (χ2n) is 8.07. The smallest absolute Gasteiger partial charge is 0.131 e. The van der Waals surface area contributed by atoms with Gasteiger partial charge in [-0.05, 0) is 55.5 Å².